The molecule has 0 unspecified atom stereocenters. The molecule has 19 heavy (non-hydrogen) atoms. The van der Waals surface area contributed by atoms with E-state index >= 15 is 0 Å². The van der Waals surface area contributed by atoms with Crippen LogP contribution < -0.4 is 5.73 Å². The average molecular weight is 257 g/mol. The van der Waals surface area contributed by atoms with Crippen LogP contribution in [0.1, 0.15) is 24.3 Å². The summed E-state index contributed by atoms with van der Waals surface area (Å²) < 4.78 is 0. The minimum Gasteiger partial charge on any atom is -0.334 e. The molecule has 0 bridgehead atoms. The Morgan fingerprint density at radius 3 is 2.63 bits per heavy atom. The van der Waals surface area contributed by atoms with Crippen molar-refractivity contribution >= 4 is 16.8 Å². The molecule has 100 valence electrons. The number of hydrogen-bond acceptors (Lipinski definition) is 3. The van der Waals surface area contributed by atoms with Crippen LogP contribution in [0.4, 0.5) is 0 Å². The van der Waals surface area contributed by atoms with Gasteiger partial charge in [0, 0.05) is 24.5 Å². The van der Waals surface area contributed by atoms with Crippen LogP contribution >= 0.6 is 0 Å². The second-order valence-corrected chi connectivity index (χ2v) is 5.27. The van der Waals surface area contributed by atoms with E-state index in [2.05, 4.69) is 4.98 Å². The van der Waals surface area contributed by atoms with Gasteiger partial charge in [-0.1, -0.05) is 24.3 Å². The quantitative estimate of drug-likeness (QED) is 0.915. The van der Waals surface area contributed by atoms with Crippen LogP contribution in [0.5, 0.6) is 0 Å². The summed E-state index contributed by atoms with van der Waals surface area (Å²) in [6, 6.07) is 11.4. The Morgan fingerprint density at radius 1 is 1.26 bits per heavy atom. The fraction of sp³-hybridized carbons (Fsp3) is 0.333. The van der Waals surface area contributed by atoms with Gasteiger partial charge in [0.1, 0.15) is 5.69 Å². The summed E-state index contributed by atoms with van der Waals surface area (Å²) in [5, 5.41) is 1.03. The second-order valence-electron chi connectivity index (χ2n) is 5.27. The molecule has 0 fully saturated rings. The molecule has 0 aliphatic heterocycles. The maximum Gasteiger partial charge on any atom is 0.272 e. The first-order chi connectivity index (χ1) is 8.95. The third-order valence-electron chi connectivity index (χ3n) is 3.53. The van der Waals surface area contributed by atoms with Crippen molar-refractivity contribution in [2.24, 2.45) is 5.73 Å². The molecule has 0 spiro atoms. The summed E-state index contributed by atoms with van der Waals surface area (Å²) in [5.41, 5.74) is 6.59. The van der Waals surface area contributed by atoms with E-state index in [0.29, 0.717) is 12.2 Å². The van der Waals surface area contributed by atoms with Crippen LogP contribution in [0.2, 0.25) is 0 Å². The number of hydrogen-bond donors (Lipinski definition) is 1. The highest BCUT2D eigenvalue weighted by Crippen LogP contribution is 2.16. The number of nitrogens with two attached hydrogens (primary N) is 1. The Hall–Kier alpha value is -1.94. The molecule has 0 radical (unpaired) electrons. The molecule has 0 atom stereocenters. The third kappa shape index (κ3) is 2.58. The van der Waals surface area contributed by atoms with Gasteiger partial charge in [-0.2, -0.15) is 0 Å². The zero-order valence-corrected chi connectivity index (χ0v) is 11.6. The molecule has 1 amide bonds. The number of carbonyl (C=O) groups is 1. The van der Waals surface area contributed by atoms with E-state index < -0.39 is 0 Å². The molecule has 2 N–H and O–H groups in total. The largest absolute Gasteiger partial charge is 0.334 e. The molecule has 0 aliphatic rings. The monoisotopic (exact) mass is 257 g/mol. The first-order valence-corrected chi connectivity index (χ1v) is 6.30. The summed E-state index contributed by atoms with van der Waals surface area (Å²) in [6.07, 6.45) is 0. The van der Waals surface area contributed by atoms with Crippen molar-refractivity contribution in [1.82, 2.24) is 9.88 Å². The molecule has 2 rings (SSSR count). The van der Waals surface area contributed by atoms with Gasteiger partial charge in [0.15, 0.2) is 0 Å². The maximum absolute atomic E-state index is 12.4. The van der Waals surface area contributed by atoms with Gasteiger partial charge in [0.2, 0.25) is 0 Å². The van der Waals surface area contributed by atoms with Gasteiger partial charge in [-0.05, 0) is 26.0 Å². The fourth-order valence-corrected chi connectivity index (χ4v) is 1.77. The molecule has 0 saturated heterocycles. The Labute approximate surface area is 113 Å². The molecule has 1 aromatic heterocycles. The van der Waals surface area contributed by atoms with E-state index in [4.69, 9.17) is 5.73 Å². The van der Waals surface area contributed by atoms with Gasteiger partial charge in [0.25, 0.3) is 5.91 Å². The van der Waals surface area contributed by atoms with E-state index in [0.717, 1.165) is 10.9 Å². The molecule has 2 aromatic rings. The molecule has 1 aromatic carbocycles. The van der Waals surface area contributed by atoms with Crippen LogP contribution in [0.25, 0.3) is 10.9 Å². The third-order valence-corrected chi connectivity index (χ3v) is 3.53. The number of nitrogens with zero attached hydrogens (tertiary/aromatic N) is 2. The van der Waals surface area contributed by atoms with Crippen molar-refractivity contribution in [1.29, 1.82) is 0 Å². The molecular formula is C15H19N3O. The predicted molar refractivity (Wildman–Crippen MR) is 77.0 cm³/mol. The number of likely N-dealkylation sites (N-methyl/N-ethyl adjacent to an activating group) is 1. The minimum atomic E-state index is -0.385. The van der Waals surface area contributed by atoms with Crippen molar-refractivity contribution in [3.8, 4) is 0 Å². The molecule has 1 heterocycles. The lowest BCUT2D eigenvalue weighted by atomic mass is 10.0. The Balaban J connectivity index is 2.36. The normalized spacial score (nSPS) is 11.6. The highest BCUT2D eigenvalue weighted by atomic mass is 16.2. The number of rotatable bonds is 3. The zero-order chi connectivity index (χ0) is 14.0. The predicted octanol–water partition coefficient (Wildman–Crippen LogP) is 2.04. The van der Waals surface area contributed by atoms with Crippen LogP contribution in [0, 0.1) is 0 Å². The highest BCUT2D eigenvalue weighted by Gasteiger charge is 2.27. The van der Waals surface area contributed by atoms with Crippen molar-refractivity contribution in [2.75, 3.05) is 13.6 Å². The Morgan fingerprint density at radius 2 is 1.95 bits per heavy atom. The average Bonchev–Trinajstić information content (AvgIpc) is 2.45. The lowest BCUT2D eigenvalue weighted by Crippen LogP contribution is -2.50. The van der Waals surface area contributed by atoms with E-state index in [1.165, 1.54) is 0 Å². The number of fused-ring (bicyclic) bond motifs is 1. The molecular weight excluding hydrogens is 238 g/mol. The number of carbonyl (C=O) groups excluding carboxylic acids is 1. The first-order valence-electron chi connectivity index (χ1n) is 6.30. The Bertz CT molecular complexity index is 607. The number of amides is 1. The van der Waals surface area contributed by atoms with Gasteiger partial charge < -0.3 is 10.6 Å². The number of aromatic nitrogens is 1. The van der Waals surface area contributed by atoms with E-state index in [1.54, 1.807) is 18.0 Å². The lowest BCUT2D eigenvalue weighted by Gasteiger charge is -2.34. The first kappa shape index (κ1) is 13.5. The van der Waals surface area contributed by atoms with Crippen LogP contribution in [0.15, 0.2) is 36.4 Å². The fourth-order valence-electron chi connectivity index (χ4n) is 1.77. The summed E-state index contributed by atoms with van der Waals surface area (Å²) in [7, 11) is 1.76. The maximum atomic E-state index is 12.4. The topological polar surface area (TPSA) is 59.2 Å². The smallest absolute Gasteiger partial charge is 0.272 e. The van der Waals surface area contributed by atoms with Crippen LogP contribution in [-0.4, -0.2) is 34.9 Å². The summed E-state index contributed by atoms with van der Waals surface area (Å²) >= 11 is 0. The van der Waals surface area contributed by atoms with E-state index in [-0.39, 0.29) is 11.4 Å². The van der Waals surface area contributed by atoms with Crippen LogP contribution in [0.3, 0.4) is 0 Å². The second kappa shape index (κ2) is 4.97. The van der Waals surface area contributed by atoms with Crippen molar-refractivity contribution in [2.45, 2.75) is 19.4 Å². The lowest BCUT2D eigenvalue weighted by molar-refractivity contribution is 0.0634. The highest BCUT2D eigenvalue weighted by molar-refractivity contribution is 5.95. The molecule has 4 heteroatoms. The van der Waals surface area contributed by atoms with Crippen molar-refractivity contribution in [3.05, 3.63) is 42.1 Å². The van der Waals surface area contributed by atoms with Gasteiger partial charge in [-0.25, -0.2) is 4.98 Å². The summed E-state index contributed by atoms with van der Waals surface area (Å²) in [5.74, 6) is -0.110. The van der Waals surface area contributed by atoms with Gasteiger partial charge in [0.05, 0.1) is 5.52 Å². The zero-order valence-electron chi connectivity index (χ0n) is 11.6. The number of para-hydroxylation sites is 1. The SMILES string of the molecule is CN(C(=O)c1ccc2ccccc2n1)C(C)(C)CN. The van der Waals surface area contributed by atoms with Crippen molar-refractivity contribution in [3.63, 3.8) is 0 Å². The van der Waals surface area contributed by atoms with Crippen LogP contribution in [-0.2, 0) is 0 Å². The van der Waals surface area contributed by atoms with E-state index in [1.807, 2.05) is 44.2 Å². The van der Waals surface area contributed by atoms with Gasteiger partial charge in [-0.3, -0.25) is 4.79 Å². The van der Waals surface area contributed by atoms with Crippen molar-refractivity contribution < 1.29 is 4.79 Å². The van der Waals surface area contributed by atoms with E-state index in [9.17, 15) is 4.79 Å². The Kier molecular flexibility index (Phi) is 3.53. The molecule has 4 nitrogen and oxygen atoms in total. The summed E-state index contributed by atoms with van der Waals surface area (Å²) in [4.78, 5) is 18.5. The molecule has 0 aliphatic carbocycles. The minimum absolute atomic E-state index is 0.110. The van der Waals surface area contributed by atoms with Gasteiger partial charge in [-0.15, -0.1) is 0 Å². The number of pyridine rings is 1. The number of benzene rings is 1. The molecule has 0 saturated carbocycles. The summed E-state index contributed by atoms with van der Waals surface area (Å²) in [6.45, 7) is 4.28. The standard InChI is InChI=1S/C15H19N3O/c1-15(2,10-16)18(3)14(19)13-9-8-11-6-4-5-7-12(11)17-13/h4-9H,10,16H2,1-3H3. The van der Waals surface area contributed by atoms with Gasteiger partial charge >= 0.3 is 0 Å².